The van der Waals surface area contributed by atoms with Gasteiger partial charge in [0.05, 0.1) is 46.2 Å². The van der Waals surface area contributed by atoms with E-state index in [-0.39, 0.29) is 40.8 Å². The predicted molar refractivity (Wildman–Crippen MR) is 146 cm³/mol. The first-order chi connectivity index (χ1) is 18.9. The van der Waals surface area contributed by atoms with Crippen LogP contribution in [0.1, 0.15) is 22.5 Å². The molecule has 5 rings (SSSR count). The van der Waals surface area contributed by atoms with Crippen molar-refractivity contribution in [1.82, 2.24) is 15.0 Å². The number of aliphatic hydroxyl groups is 1. The zero-order chi connectivity index (χ0) is 27.5. The second-order valence-corrected chi connectivity index (χ2v) is 9.47. The molecule has 0 bridgehead atoms. The van der Waals surface area contributed by atoms with Gasteiger partial charge in [-0.05, 0) is 48.4 Å². The largest absolute Gasteiger partial charge is 0.394 e. The number of benzene rings is 2. The highest BCUT2D eigenvalue weighted by molar-refractivity contribution is 6.33. The van der Waals surface area contributed by atoms with Crippen LogP contribution in [0, 0.1) is 17.1 Å². The number of aliphatic hydroxyl groups excluding tert-OH is 1. The molecule has 1 aliphatic rings. The second kappa shape index (κ2) is 11.1. The first kappa shape index (κ1) is 26.2. The number of hydrogen-bond acceptors (Lipinski definition) is 8. The first-order valence-electron chi connectivity index (χ1n) is 12.1. The van der Waals surface area contributed by atoms with Gasteiger partial charge in [-0.1, -0.05) is 23.7 Å². The van der Waals surface area contributed by atoms with Crippen LogP contribution in [0.4, 0.5) is 15.8 Å². The molecule has 1 amide bonds. The van der Waals surface area contributed by atoms with Crippen molar-refractivity contribution in [3.8, 4) is 28.6 Å². The zero-order valence-corrected chi connectivity index (χ0v) is 21.3. The van der Waals surface area contributed by atoms with Crippen LogP contribution in [0.2, 0.25) is 5.02 Å². The number of hydrogen-bond donors (Lipinski definition) is 3. The molecule has 2 atom stereocenters. The number of carbonyl (C=O) groups is 1. The quantitative estimate of drug-likeness (QED) is 0.331. The van der Waals surface area contributed by atoms with Crippen LogP contribution < -0.4 is 16.0 Å². The van der Waals surface area contributed by atoms with Crippen molar-refractivity contribution >= 4 is 28.9 Å². The molecule has 1 saturated heterocycles. The van der Waals surface area contributed by atoms with Crippen LogP contribution in [0.3, 0.4) is 0 Å². The molecule has 0 spiro atoms. The average molecular weight is 544 g/mol. The molecule has 1 fully saturated rings. The second-order valence-electron chi connectivity index (χ2n) is 9.07. The molecule has 39 heavy (non-hydrogen) atoms. The van der Waals surface area contributed by atoms with E-state index < -0.39 is 11.7 Å². The Bertz CT molecular complexity index is 1570. The van der Waals surface area contributed by atoms with Crippen LogP contribution in [-0.2, 0) is 0 Å². The smallest absolute Gasteiger partial charge is 0.274 e. The van der Waals surface area contributed by atoms with E-state index >= 15 is 0 Å². The highest BCUT2D eigenvalue weighted by Gasteiger charge is 2.31. The third kappa shape index (κ3) is 5.28. The van der Waals surface area contributed by atoms with E-state index in [4.69, 9.17) is 17.3 Å². The van der Waals surface area contributed by atoms with E-state index in [1.165, 1.54) is 30.5 Å². The molecule has 0 radical (unpaired) electrons. The summed E-state index contributed by atoms with van der Waals surface area (Å²) in [5.74, 6) is -1.18. The first-order valence-corrected chi connectivity index (χ1v) is 12.5. The Morgan fingerprint density at radius 1 is 1.26 bits per heavy atom. The number of halogens is 2. The number of carbonyl (C=O) groups excluding carboxylic acids is 1. The number of pyridine rings is 1. The van der Waals surface area contributed by atoms with Crippen molar-refractivity contribution in [2.75, 3.05) is 23.4 Å². The Morgan fingerprint density at radius 2 is 2.10 bits per heavy atom. The van der Waals surface area contributed by atoms with Gasteiger partial charge in [0.2, 0.25) is 0 Å². The molecule has 0 saturated carbocycles. The number of amides is 1. The third-order valence-corrected chi connectivity index (χ3v) is 6.86. The van der Waals surface area contributed by atoms with Gasteiger partial charge in [-0.2, -0.15) is 5.26 Å². The minimum Gasteiger partial charge on any atom is -0.394 e. The summed E-state index contributed by atoms with van der Waals surface area (Å²) in [7, 11) is 0. The van der Waals surface area contributed by atoms with Gasteiger partial charge >= 0.3 is 0 Å². The van der Waals surface area contributed by atoms with Crippen molar-refractivity contribution in [2.45, 2.75) is 18.5 Å². The van der Waals surface area contributed by atoms with E-state index in [9.17, 15) is 19.6 Å². The lowest BCUT2D eigenvalue weighted by atomic mass is 10.0. The van der Waals surface area contributed by atoms with Gasteiger partial charge in [0.15, 0.2) is 5.82 Å². The zero-order valence-electron chi connectivity index (χ0n) is 20.6. The molecule has 4 aromatic rings. The van der Waals surface area contributed by atoms with Gasteiger partial charge in [-0.3, -0.25) is 9.78 Å². The molecule has 2 aromatic heterocycles. The maximum Gasteiger partial charge on any atom is 0.274 e. The van der Waals surface area contributed by atoms with Gasteiger partial charge in [0, 0.05) is 36.7 Å². The number of nitrogens with two attached hydrogens (primary N) is 1. The number of aromatic nitrogens is 3. The lowest BCUT2D eigenvalue weighted by Crippen LogP contribution is -2.33. The Labute approximate surface area is 228 Å². The molecular formula is C28H23ClFN7O2. The van der Waals surface area contributed by atoms with E-state index in [1.807, 2.05) is 11.0 Å². The summed E-state index contributed by atoms with van der Waals surface area (Å²) in [5, 5.41) is 22.6. The molecule has 2 aromatic carbocycles. The van der Waals surface area contributed by atoms with Gasteiger partial charge in [0.25, 0.3) is 5.91 Å². The molecule has 3 heterocycles. The van der Waals surface area contributed by atoms with E-state index in [0.29, 0.717) is 41.0 Å². The maximum absolute atomic E-state index is 14.4. The molecule has 9 nitrogen and oxygen atoms in total. The van der Waals surface area contributed by atoms with Crippen molar-refractivity contribution < 1.29 is 14.3 Å². The van der Waals surface area contributed by atoms with Gasteiger partial charge in [0.1, 0.15) is 11.5 Å². The standard InChI is InChI=1S/C28H23ClFN7O2/c29-21-2-1-3-22(30)26(21)27-34-9-7-24(35-27)28(39)36-23-5-4-16(20-13-33-8-6-17(20)12-31)10-25(23)37-14-18(32)11-19(37)15-38/h1-10,13,18-19,38H,11,14-15,32H2,(H,36,39). The van der Waals surface area contributed by atoms with Crippen LogP contribution in [0.15, 0.2) is 67.1 Å². The fourth-order valence-electron chi connectivity index (χ4n) is 4.69. The number of rotatable bonds is 6. The highest BCUT2D eigenvalue weighted by atomic mass is 35.5. The summed E-state index contributed by atoms with van der Waals surface area (Å²) < 4.78 is 14.4. The minimum atomic E-state index is -0.606. The molecule has 4 N–H and O–H groups in total. The van der Waals surface area contributed by atoms with E-state index in [2.05, 4.69) is 26.3 Å². The topological polar surface area (TPSA) is 141 Å². The minimum absolute atomic E-state index is 0.000433. The number of anilines is 2. The summed E-state index contributed by atoms with van der Waals surface area (Å²) in [4.78, 5) is 27.8. The van der Waals surface area contributed by atoms with E-state index in [0.717, 1.165) is 0 Å². The fourth-order valence-corrected chi connectivity index (χ4v) is 4.94. The molecule has 2 unspecified atom stereocenters. The van der Waals surface area contributed by atoms with Crippen molar-refractivity contribution in [3.63, 3.8) is 0 Å². The van der Waals surface area contributed by atoms with Gasteiger partial charge < -0.3 is 21.1 Å². The highest BCUT2D eigenvalue weighted by Crippen LogP contribution is 2.37. The van der Waals surface area contributed by atoms with Gasteiger partial charge in [-0.15, -0.1) is 0 Å². The third-order valence-electron chi connectivity index (χ3n) is 6.54. The Kier molecular flexibility index (Phi) is 7.47. The lowest BCUT2D eigenvalue weighted by molar-refractivity contribution is 0.102. The summed E-state index contributed by atoms with van der Waals surface area (Å²) in [6, 6.07) is 14.3. The van der Waals surface area contributed by atoms with Crippen molar-refractivity contribution in [3.05, 3.63) is 89.2 Å². The van der Waals surface area contributed by atoms with Crippen molar-refractivity contribution in [1.29, 1.82) is 5.26 Å². The molecule has 11 heteroatoms. The van der Waals surface area contributed by atoms with Crippen molar-refractivity contribution in [2.24, 2.45) is 5.73 Å². The summed E-state index contributed by atoms with van der Waals surface area (Å²) in [5.41, 5.74) is 9.07. The van der Waals surface area contributed by atoms with Crippen LogP contribution in [-0.4, -0.2) is 51.2 Å². The molecule has 1 aliphatic heterocycles. The normalized spacial score (nSPS) is 16.6. The van der Waals surface area contributed by atoms with E-state index in [1.54, 1.807) is 30.6 Å². The molecule has 0 aliphatic carbocycles. The molecule has 196 valence electrons. The Hall–Kier alpha value is -4.43. The average Bonchev–Trinajstić information content (AvgIpc) is 3.33. The summed E-state index contributed by atoms with van der Waals surface area (Å²) >= 11 is 6.16. The number of nitrogens with one attached hydrogen (secondary N) is 1. The maximum atomic E-state index is 14.4. The predicted octanol–water partition coefficient (Wildman–Crippen LogP) is 4.02. The van der Waals surface area contributed by atoms with Crippen LogP contribution in [0.5, 0.6) is 0 Å². The summed E-state index contributed by atoms with van der Waals surface area (Å²) in [6.07, 6.45) is 5.08. The van der Waals surface area contributed by atoms with Crippen LogP contribution >= 0.6 is 11.6 Å². The number of nitrogens with zero attached hydrogens (tertiary/aromatic N) is 5. The Balaban J connectivity index is 1.53. The molecular weight excluding hydrogens is 521 g/mol. The number of nitriles is 1. The fraction of sp³-hybridized carbons (Fsp3) is 0.179. The van der Waals surface area contributed by atoms with Gasteiger partial charge in [-0.25, -0.2) is 14.4 Å². The Morgan fingerprint density at radius 3 is 2.87 bits per heavy atom. The van der Waals surface area contributed by atoms with Crippen LogP contribution in [0.25, 0.3) is 22.5 Å². The summed E-state index contributed by atoms with van der Waals surface area (Å²) in [6.45, 7) is 0.333. The lowest BCUT2D eigenvalue weighted by Gasteiger charge is -2.28. The SMILES string of the molecule is N#Cc1ccncc1-c1ccc(NC(=O)c2ccnc(-c3c(F)cccc3Cl)n2)c(N2CC(N)CC2CO)c1. The monoisotopic (exact) mass is 543 g/mol.